The van der Waals surface area contributed by atoms with Crippen molar-refractivity contribution in [2.45, 2.75) is 19.8 Å². The third-order valence-corrected chi connectivity index (χ3v) is 1.62. The first-order valence-corrected chi connectivity index (χ1v) is 4.60. The Labute approximate surface area is 79.5 Å². The Hall–Kier alpha value is -1.02. The molecular weight excluding hydrogens is 164 g/mol. The van der Waals surface area contributed by atoms with E-state index in [9.17, 15) is 0 Å². The van der Waals surface area contributed by atoms with E-state index in [2.05, 4.69) is 13.0 Å². The molecule has 1 aromatic rings. The lowest BCUT2D eigenvalue weighted by Gasteiger charge is -2.05. The van der Waals surface area contributed by atoms with Gasteiger partial charge in [0.15, 0.2) is 6.79 Å². The van der Waals surface area contributed by atoms with E-state index in [0.29, 0.717) is 6.79 Å². The molecule has 0 aliphatic heterocycles. The van der Waals surface area contributed by atoms with Gasteiger partial charge in [0.1, 0.15) is 5.75 Å². The highest BCUT2D eigenvalue weighted by molar-refractivity contribution is 5.18. The van der Waals surface area contributed by atoms with Crippen LogP contribution in [0.25, 0.3) is 0 Å². The Balaban J connectivity index is 2.07. The zero-order valence-corrected chi connectivity index (χ0v) is 7.95. The van der Waals surface area contributed by atoms with Crippen molar-refractivity contribution >= 4 is 0 Å². The van der Waals surface area contributed by atoms with Crippen molar-refractivity contribution in [1.82, 2.24) is 0 Å². The number of benzene rings is 1. The molecule has 0 aliphatic rings. The zero-order valence-electron chi connectivity index (χ0n) is 7.95. The second-order valence-electron chi connectivity index (χ2n) is 2.75. The summed E-state index contributed by atoms with van der Waals surface area (Å²) in [5, 5.41) is 0. The topological polar surface area (TPSA) is 18.5 Å². The summed E-state index contributed by atoms with van der Waals surface area (Å²) >= 11 is 0. The lowest BCUT2D eigenvalue weighted by molar-refractivity contribution is 0.0139. The van der Waals surface area contributed by atoms with Crippen LogP contribution in [0.4, 0.5) is 0 Å². The first kappa shape index (κ1) is 10.1. The minimum Gasteiger partial charge on any atom is -0.467 e. The van der Waals surface area contributed by atoms with Crippen LogP contribution in [0.5, 0.6) is 5.75 Å². The summed E-state index contributed by atoms with van der Waals surface area (Å²) in [6.07, 6.45) is 2.24. The van der Waals surface area contributed by atoms with E-state index in [1.54, 1.807) is 0 Å². The van der Waals surface area contributed by atoms with Crippen molar-refractivity contribution in [3.05, 3.63) is 30.3 Å². The number of hydrogen-bond donors (Lipinski definition) is 0. The van der Waals surface area contributed by atoms with Gasteiger partial charge in [-0.25, -0.2) is 0 Å². The highest BCUT2D eigenvalue weighted by Crippen LogP contribution is 2.06. The predicted molar refractivity (Wildman–Crippen MR) is 51.6 cm³/mol. The molecule has 0 N–H and O–H groups in total. The number of unbranched alkanes of at least 4 members (excludes halogenated alkanes) is 1. The van der Waals surface area contributed by atoms with Crippen molar-refractivity contribution in [2.75, 3.05) is 13.4 Å². The second-order valence-corrected chi connectivity index (χ2v) is 2.75. The summed E-state index contributed by atoms with van der Waals surface area (Å²) in [4.78, 5) is 0. The highest BCUT2D eigenvalue weighted by Gasteiger charge is 1.90. The molecular formula is C11H15O2. The van der Waals surface area contributed by atoms with Crippen LogP contribution < -0.4 is 4.74 Å². The van der Waals surface area contributed by atoms with E-state index in [1.807, 2.05) is 24.3 Å². The minimum absolute atomic E-state index is 0.320. The summed E-state index contributed by atoms with van der Waals surface area (Å²) in [5.41, 5.74) is 0. The van der Waals surface area contributed by atoms with Crippen LogP contribution in [0.15, 0.2) is 24.3 Å². The van der Waals surface area contributed by atoms with Crippen molar-refractivity contribution in [3.63, 3.8) is 0 Å². The average molecular weight is 179 g/mol. The molecule has 1 rings (SSSR count). The molecule has 13 heavy (non-hydrogen) atoms. The Kier molecular flexibility index (Phi) is 5.02. The Bertz CT molecular complexity index is 209. The largest absolute Gasteiger partial charge is 0.467 e. The smallest absolute Gasteiger partial charge is 0.189 e. The van der Waals surface area contributed by atoms with Crippen LogP contribution in [0.3, 0.4) is 0 Å². The van der Waals surface area contributed by atoms with Crippen LogP contribution in [-0.2, 0) is 4.74 Å². The van der Waals surface area contributed by atoms with Crippen molar-refractivity contribution < 1.29 is 9.47 Å². The van der Waals surface area contributed by atoms with Crippen molar-refractivity contribution in [3.8, 4) is 5.75 Å². The average Bonchev–Trinajstić information content (AvgIpc) is 2.19. The fourth-order valence-electron chi connectivity index (χ4n) is 0.877. The second kappa shape index (κ2) is 6.49. The molecule has 0 atom stereocenters. The van der Waals surface area contributed by atoms with Gasteiger partial charge in [-0.05, 0) is 12.5 Å². The number of para-hydroxylation sites is 1. The van der Waals surface area contributed by atoms with E-state index in [1.165, 1.54) is 0 Å². The van der Waals surface area contributed by atoms with Gasteiger partial charge in [0.05, 0.1) is 6.61 Å². The molecule has 0 bridgehead atoms. The van der Waals surface area contributed by atoms with Crippen LogP contribution in [0, 0.1) is 6.07 Å². The summed E-state index contributed by atoms with van der Waals surface area (Å²) in [6.45, 7) is 3.22. The molecule has 1 aromatic carbocycles. The molecule has 0 amide bonds. The van der Waals surface area contributed by atoms with Gasteiger partial charge < -0.3 is 9.47 Å². The zero-order chi connectivity index (χ0) is 9.36. The molecule has 1 radical (unpaired) electrons. The molecule has 2 nitrogen and oxygen atoms in total. The summed E-state index contributed by atoms with van der Waals surface area (Å²) in [7, 11) is 0. The SMILES string of the molecule is CCCCOCOc1[c]cccc1. The summed E-state index contributed by atoms with van der Waals surface area (Å²) < 4.78 is 10.5. The number of ether oxygens (including phenoxy) is 2. The van der Waals surface area contributed by atoms with Gasteiger partial charge in [-0.3, -0.25) is 0 Å². The monoisotopic (exact) mass is 179 g/mol. The van der Waals surface area contributed by atoms with Gasteiger partial charge >= 0.3 is 0 Å². The summed E-state index contributed by atoms with van der Waals surface area (Å²) in [5.74, 6) is 0.735. The molecule has 0 aromatic heterocycles. The maximum absolute atomic E-state index is 5.27. The molecule has 71 valence electrons. The Morgan fingerprint density at radius 1 is 1.38 bits per heavy atom. The van der Waals surface area contributed by atoms with E-state index in [0.717, 1.165) is 25.2 Å². The fraction of sp³-hybridized carbons (Fsp3) is 0.455. The van der Waals surface area contributed by atoms with Gasteiger partial charge in [-0.1, -0.05) is 31.5 Å². The lowest BCUT2D eigenvalue weighted by atomic mass is 10.3. The standard InChI is InChI=1S/C11H15O2/c1-2-3-9-12-10-13-11-7-5-4-6-8-11/h4-7H,2-3,9-10H2,1H3. The lowest BCUT2D eigenvalue weighted by Crippen LogP contribution is -2.03. The van der Waals surface area contributed by atoms with Crippen molar-refractivity contribution in [1.29, 1.82) is 0 Å². The van der Waals surface area contributed by atoms with Gasteiger partial charge in [-0.15, -0.1) is 0 Å². The van der Waals surface area contributed by atoms with E-state index in [4.69, 9.17) is 9.47 Å². The maximum Gasteiger partial charge on any atom is 0.189 e. The normalized spacial score (nSPS) is 9.92. The Morgan fingerprint density at radius 2 is 2.31 bits per heavy atom. The van der Waals surface area contributed by atoms with Gasteiger partial charge in [0, 0.05) is 6.07 Å². The van der Waals surface area contributed by atoms with Crippen LogP contribution >= 0.6 is 0 Å². The molecule has 0 aliphatic carbocycles. The molecule has 0 spiro atoms. The van der Waals surface area contributed by atoms with Gasteiger partial charge in [0.25, 0.3) is 0 Å². The van der Waals surface area contributed by atoms with Crippen LogP contribution in [0.1, 0.15) is 19.8 Å². The Morgan fingerprint density at radius 3 is 3.00 bits per heavy atom. The maximum atomic E-state index is 5.27. The number of hydrogen-bond acceptors (Lipinski definition) is 2. The van der Waals surface area contributed by atoms with E-state index >= 15 is 0 Å². The molecule has 2 heteroatoms. The van der Waals surface area contributed by atoms with Gasteiger partial charge in [-0.2, -0.15) is 0 Å². The molecule has 0 unspecified atom stereocenters. The fourth-order valence-corrected chi connectivity index (χ4v) is 0.877. The van der Waals surface area contributed by atoms with Crippen molar-refractivity contribution in [2.24, 2.45) is 0 Å². The molecule has 0 heterocycles. The highest BCUT2D eigenvalue weighted by atomic mass is 16.7. The van der Waals surface area contributed by atoms with E-state index in [-0.39, 0.29) is 0 Å². The molecule has 0 fully saturated rings. The third-order valence-electron chi connectivity index (χ3n) is 1.62. The molecule has 0 saturated carbocycles. The van der Waals surface area contributed by atoms with Crippen LogP contribution in [-0.4, -0.2) is 13.4 Å². The number of rotatable bonds is 6. The minimum atomic E-state index is 0.320. The van der Waals surface area contributed by atoms with E-state index < -0.39 is 0 Å². The summed E-state index contributed by atoms with van der Waals surface area (Å²) in [6, 6.07) is 10.5. The van der Waals surface area contributed by atoms with Gasteiger partial charge in [0.2, 0.25) is 0 Å². The first-order valence-electron chi connectivity index (χ1n) is 4.60. The first-order chi connectivity index (χ1) is 6.43. The molecule has 0 saturated heterocycles. The van der Waals surface area contributed by atoms with Crippen LogP contribution in [0.2, 0.25) is 0 Å². The quantitative estimate of drug-likeness (QED) is 0.493. The predicted octanol–water partition coefficient (Wildman–Crippen LogP) is 2.64. The third kappa shape index (κ3) is 4.53.